The Balaban J connectivity index is 1.33. The molecular weight excluding hydrogens is 518 g/mol. The van der Waals surface area contributed by atoms with Crippen LogP contribution in [0.3, 0.4) is 0 Å². The quantitative estimate of drug-likeness (QED) is 0.433. The lowest BCUT2D eigenvalue weighted by Crippen LogP contribution is -2.35. The topological polar surface area (TPSA) is 135 Å². The third-order valence-corrected chi connectivity index (χ3v) is 9.10. The summed E-state index contributed by atoms with van der Waals surface area (Å²) in [5.74, 6) is 0.331. The van der Waals surface area contributed by atoms with Gasteiger partial charge in [0.05, 0.1) is 54.5 Å². The highest BCUT2D eigenvalue weighted by molar-refractivity contribution is 7.92. The standard InChI is InChI=1S/C27H33N7O4S/c1-19-16-22(29-26(28-19)20-4-13-38-14-5-20)23-18-34(32-30-23)24-3-2-21(31-39(36,37)15-12-35)17-25(24)33-10-8-27(6-7-27)9-11-33/h2-4,16-18,31,35H,5-15H2,1H3. The van der Waals surface area contributed by atoms with E-state index in [-0.39, 0.29) is 5.75 Å². The zero-order valence-corrected chi connectivity index (χ0v) is 22.8. The van der Waals surface area contributed by atoms with E-state index in [1.807, 2.05) is 37.4 Å². The van der Waals surface area contributed by atoms with Crippen LogP contribution in [-0.4, -0.2) is 77.1 Å². The van der Waals surface area contributed by atoms with Crippen LogP contribution in [0, 0.1) is 12.3 Å². The summed E-state index contributed by atoms with van der Waals surface area (Å²) < 4.78 is 34.4. The summed E-state index contributed by atoms with van der Waals surface area (Å²) in [5, 5.41) is 18.0. The Morgan fingerprint density at radius 3 is 2.62 bits per heavy atom. The number of benzene rings is 1. The molecule has 1 saturated heterocycles. The number of piperidine rings is 1. The molecule has 206 valence electrons. The Morgan fingerprint density at radius 2 is 1.90 bits per heavy atom. The van der Waals surface area contributed by atoms with E-state index < -0.39 is 16.6 Å². The fourth-order valence-corrected chi connectivity index (χ4v) is 6.18. The highest BCUT2D eigenvalue weighted by Crippen LogP contribution is 2.54. The van der Waals surface area contributed by atoms with Gasteiger partial charge < -0.3 is 14.7 Å². The number of rotatable bonds is 8. The van der Waals surface area contributed by atoms with Crippen LogP contribution in [0.1, 0.15) is 43.6 Å². The monoisotopic (exact) mass is 551 g/mol. The van der Waals surface area contributed by atoms with Gasteiger partial charge >= 0.3 is 0 Å². The van der Waals surface area contributed by atoms with Gasteiger partial charge in [0, 0.05) is 18.8 Å². The molecule has 39 heavy (non-hydrogen) atoms. The number of ether oxygens (including phenoxy) is 1. The van der Waals surface area contributed by atoms with Gasteiger partial charge in [-0.15, -0.1) is 5.10 Å². The zero-order chi connectivity index (χ0) is 27.0. The largest absolute Gasteiger partial charge is 0.395 e. The predicted molar refractivity (Wildman–Crippen MR) is 148 cm³/mol. The molecule has 2 aromatic heterocycles. The first-order chi connectivity index (χ1) is 18.8. The number of aromatic nitrogens is 5. The number of aliphatic hydroxyl groups excluding tert-OH is 1. The molecule has 1 spiro atoms. The van der Waals surface area contributed by atoms with E-state index in [0.717, 1.165) is 55.0 Å². The Hall–Kier alpha value is -3.35. The van der Waals surface area contributed by atoms with Crippen LogP contribution in [-0.2, 0) is 14.8 Å². The van der Waals surface area contributed by atoms with Gasteiger partial charge in [-0.2, -0.15) is 0 Å². The molecule has 0 bridgehead atoms. The van der Waals surface area contributed by atoms with Crippen LogP contribution in [0.15, 0.2) is 36.5 Å². The molecule has 6 rings (SSSR count). The highest BCUT2D eigenvalue weighted by atomic mass is 32.2. The Labute approximate surface area is 228 Å². The predicted octanol–water partition coefficient (Wildman–Crippen LogP) is 2.95. The van der Waals surface area contributed by atoms with Crippen molar-refractivity contribution in [1.82, 2.24) is 25.0 Å². The van der Waals surface area contributed by atoms with Crippen LogP contribution in [0.5, 0.6) is 0 Å². The highest BCUT2D eigenvalue weighted by Gasteiger charge is 2.44. The molecular formula is C27H33N7O4S. The first-order valence-corrected chi connectivity index (χ1v) is 15.0. The second-order valence-corrected chi connectivity index (χ2v) is 12.5. The van der Waals surface area contributed by atoms with Gasteiger partial charge in [-0.3, -0.25) is 4.72 Å². The fraction of sp³-hybridized carbons (Fsp3) is 0.481. The minimum Gasteiger partial charge on any atom is -0.395 e. The van der Waals surface area contributed by atoms with E-state index >= 15 is 0 Å². The molecule has 3 aliphatic rings. The maximum atomic E-state index is 12.3. The van der Waals surface area contributed by atoms with E-state index in [1.54, 1.807) is 10.7 Å². The van der Waals surface area contributed by atoms with Gasteiger partial charge in [0.25, 0.3) is 0 Å². The number of nitrogens with zero attached hydrogens (tertiary/aromatic N) is 6. The number of sulfonamides is 1. The smallest absolute Gasteiger partial charge is 0.234 e. The van der Waals surface area contributed by atoms with E-state index in [0.29, 0.717) is 41.5 Å². The van der Waals surface area contributed by atoms with Crippen molar-refractivity contribution in [2.24, 2.45) is 5.41 Å². The van der Waals surface area contributed by atoms with E-state index in [2.05, 4.69) is 24.9 Å². The average molecular weight is 552 g/mol. The molecule has 2 N–H and O–H groups in total. The molecule has 0 unspecified atom stereocenters. The summed E-state index contributed by atoms with van der Waals surface area (Å²) in [7, 11) is -3.65. The lowest BCUT2D eigenvalue weighted by Gasteiger charge is -2.35. The minimum absolute atomic E-state index is 0.354. The van der Waals surface area contributed by atoms with Crippen molar-refractivity contribution >= 4 is 27.0 Å². The lowest BCUT2D eigenvalue weighted by atomic mass is 9.93. The molecule has 4 heterocycles. The van der Waals surface area contributed by atoms with Crippen LogP contribution in [0.25, 0.3) is 22.6 Å². The lowest BCUT2D eigenvalue weighted by molar-refractivity contribution is 0.161. The van der Waals surface area contributed by atoms with Crippen molar-refractivity contribution < 1.29 is 18.3 Å². The van der Waals surface area contributed by atoms with Crippen molar-refractivity contribution in [2.45, 2.75) is 39.0 Å². The number of hydrogen-bond acceptors (Lipinski definition) is 9. The van der Waals surface area contributed by atoms with Crippen molar-refractivity contribution in [3.8, 4) is 17.1 Å². The summed E-state index contributed by atoms with van der Waals surface area (Å²) in [6, 6.07) is 7.32. The van der Waals surface area contributed by atoms with Crippen LogP contribution < -0.4 is 9.62 Å². The van der Waals surface area contributed by atoms with E-state index in [4.69, 9.17) is 14.8 Å². The maximum Gasteiger partial charge on any atom is 0.234 e. The first kappa shape index (κ1) is 25.9. The first-order valence-electron chi connectivity index (χ1n) is 13.4. The average Bonchev–Trinajstić information content (AvgIpc) is 3.49. The Kier molecular flexibility index (Phi) is 6.86. The molecule has 2 fully saturated rings. The molecule has 0 atom stereocenters. The SMILES string of the molecule is Cc1cc(-c2cn(-c3ccc(NS(=O)(=O)CCO)cc3N3CCC4(CC3)CC4)nn2)nc(C2=CCOCC2)n1. The third kappa shape index (κ3) is 5.68. The van der Waals surface area contributed by atoms with Crippen LogP contribution in [0.4, 0.5) is 11.4 Å². The second-order valence-electron chi connectivity index (χ2n) is 10.7. The molecule has 11 nitrogen and oxygen atoms in total. The molecule has 12 heteroatoms. The van der Waals surface area contributed by atoms with Gasteiger partial charge in [-0.1, -0.05) is 11.3 Å². The van der Waals surface area contributed by atoms with Gasteiger partial charge in [0.1, 0.15) is 5.69 Å². The normalized spacial score (nSPS) is 18.7. The summed E-state index contributed by atoms with van der Waals surface area (Å²) in [5.41, 5.74) is 5.89. The molecule has 1 aromatic carbocycles. The Morgan fingerprint density at radius 1 is 1.08 bits per heavy atom. The summed E-state index contributed by atoms with van der Waals surface area (Å²) >= 11 is 0. The third-order valence-electron chi connectivity index (χ3n) is 7.84. The molecule has 3 aromatic rings. The number of anilines is 2. The zero-order valence-electron chi connectivity index (χ0n) is 22.0. The van der Waals surface area contributed by atoms with Gasteiger partial charge in [0.15, 0.2) is 5.82 Å². The summed E-state index contributed by atoms with van der Waals surface area (Å²) in [6.07, 6.45) is 9.48. The fourth-order valence-electron chi connectivity index (χ4n) is 5.36. The van der Waals surface area contributed by atoms with Gasteiger partial charge in [-0.05, 0) is 74.3 Å². The summed E-state index contributed by atoms with van der Waals surface area (Å²) in [4.78, 5) is 11.7. The molecule has 1 aliphatic carbocycles. The number of aryl methyl sites for hydroxylation is 1. The van der Waals surface area contributed by atoms with Crippen molar-refractivity contribution in [1.29, 1.82) is 0 Å². The van der Waals surface area contributed by atoms with Crippen molar-refractivity contribution in [2.75, 3.05) is 48.3 Å². The van der Waals surface area contributed by atoms with Crippen LogP contribution >= 0.6 is 0 Å². The Bertz CT molecular complexity index is 1500. The minimum atomic E-state index is -3.65. The molecule has 1 saturated carbocycles. The van der Waals surface area contributed by atoms with E-state index in [1.165, 1.54) is 12.8 Å². The summed E-state index contributed by atoms with van der Waals surface area (Å²) in [6.45, 7) is 4.51. The molecule has 0 radical (unpaired) electrons. The maximum absolute atomic E-state index is 12.3. The van der Waals surface area contributed by atoms with Gasteiger partial charge in [-0.25, -0.2) is 23.1 Å². The van der Waals surface area contributed by atoms with E-state index in [9.17, 15) is 8.42 Å². The van der Waals surface area contributed by atoms with Crippen molar-refractivity contribution in [3.63, 3.8) is 0 Å². The number of aliphatic hydroxyl groups is 1. The number of nitrogens with one attached hydrogen (secondary N) is 1. The molecule has 2 aliphatic heterocycles. The number of hydrogen-bond donors (Lipinski definition) is 2. The molecule has 0 amide bonds. The van der Waals surface area contributed by atoms with Crippen LogP contribution in [0.2, 0.25) is 0 Å². The van der Waals surface area contributed by atoms with Gasteiger partial charge in [0.2, 0.25) is 10.0 Å². The van der Waals surface area contributed by atoms with Crippen molar-refractivity contribution in [3.05, 3.63) is 48.1 Å². The second kappa shape index (κ2) is 10.3.